The van der Waals surface area contributed by atoms with Crippen molar-refractivity contribution in [2.24, 2.45) is 5.92 Å². The number of nitrogens with one attached hydrogen (secondary N) is 1. The van der Waals surface area contributed by atoms with E-state index in [1.807, 2.05) is 6.20 Å². The summed E-state index contributed by atoms with van der Waals surface area (Å²) < 4.78 is 5.41. The quantitative estimate of drug-likeness (QED) is 0.777. The van der Waals surface area contributed by atoms with Crippen molar-refractivity contribution in [2.75, 3.05) is 38.3 Å². The highest BCUT2D eigenvalue weighted by Gasteiger charge is 2.16. The van der Waals surface area contributed by atoms with Crippen molar-refractivity contribution in [1.29, 1.82) is 0 Å². The van der Waals surface area contributed by atoms with E-state index < -0.39 is 0 Å². The molecule has 2 heterocycles. The summed E-state index contributed by atoms with van der Waals surface area (Å²) in [6.07, 6.45) is 5.49. The first-order chi connectivity index (χ1) is 9.79. The van der Waals surface area contributed by atoms with E-state index in [0.717, 1.165) is 44.6 Å². The third kappa shape index (κ3) is 4.76. The lowest BCUT2D eigenvalue weighted by Crippen LogP contribution is -2.30. The lowest BCUT2D eigenvalue weighted by molar-refractivity contribution is 0.0685. The Morgan fingerprint density at radius 2 is 2.15 bits per heavy atom. The van der Waals surface area contributed by atoms with Gasteiger partial charge in [0.25, 0.3) is 0 Å². The van der Waals surface area contributed by atoms with Crippen molar-refractivity contribution in [1.82, 2.24) is 10.3 Å². The SMILES string of the molecule is CCCNCc1ccc(N(C)CC2CCOCC2)nc1. The van der Waals surface area contributed by atoms with Gasteiger partial charge in [-0.25, -0.2) is 4.98 Å². The molecular formula is C16H27N3O. The zero-order valence-electron chi connectivity index (χ0n) is 12.8. The van der Waals surface area contributed by atoms with Crippen LogP contribution in [0.2, 0.25) is 0 Å². The smallest absolute Gasteiger partial charge is 0.128 e. The number of pyridine rings is 1. The Kier molecular flexibility index (Phi) is 6.27. The highest BCUT2D eigenvalue weighted by molar-refractivity contribution is 5.38. The fourth-order valence-corrected chi connectivity index (χ4v) is 2.57. The minimum atomic E-state index is 0.737. The van der Waals surface area contributed by atoms with E-state index in [1.165, 1.54) is 24.8 Å². The molecule has 1 aliphatic heterocycles. The van der Waals surface area contributed by atoms with Gasteiger partial charge < -0.3 is 15.0 Å². The van der Waals surface area contributed by atoms with E-state index in [1.54, 1.807) is 0 Å². The topological polar surface area (TPSA) is 37.4 Å². The molecule has 1 N–H and O–H groups in total. The van der Waals surface area contributed by atoms with E-state index in [4.69, 9.17) is 4.74 Å². The van der Waals surface area contributed by atoms with Crippen LogP contribution in [0.25, 0.3) is 0 Å². The number of aromatic nitrogens is 1. The molecule has 112 valence electrons. The Morgan fingerprint density at radius 1 is 1.35 bits per heavy atom. The van der Waals surface area contributed by atoms with E-state index in [-0.39, 0.29) is 0 Å². The molecule has 1 aliphatic rings. The summed E-state index contributed by atoms with van der Waals surface area (Å²) in [4.78, 5) is 6.84. The normalized spacial score (nSPS) is 16.3. The van der Waals surface area contributed by atoms with Crippen molar-refractivity contribution in [3.63, 3.8) is 0 Å². The second-order valence-electron chi connectivity index (χ2n) is 5.64. The van der Waals surface area contributed by atoms with Gasteiger partial charge in [-0.05, 0) is 43.4 Å². The lowest BCUT2D eigenvalue weighted by atomic mass is 10.00. The van der Waals surface area contributed by atoms with Gasteiger partial charge in [0.05, 0.1) is 0 Å². The van der Waals surface area contributed by atoms with Gasteiger partial charge in [-0.2, -0.15) is 0 Å². The Hall–Kier alpha value is -1.13. The molecule has 0 unspecified atom stereocenters. The van der Waals surface area contributed by atoms with Crippen LogP contribution in [0, 0.1) is 5.92 Å². The number of hydrogen-bond acceptors (Lipinski definition) is 4. The van der Waals surface area contributed by atoms with Gasteiger partial charge in [0.15, 0.2) is 0 Å². The van der Waals surface area contributed by atoms with Crippen LogP contribution >= 0.6 is 0 Å². The summed E-state index contributed by atoms with van der Waals surface area (Å²) in [5.74, 6) is 1.80. The van der Waals surface area contributed by atoms with E-state index in [2.05, 4.69) is 41.3 Å². The largest absolute Gasteiger partial charge is 0.381 e. The number of ether oxygens (including phenoxy) is 1. The Balaban J connectivity index is 1.81. The maximum absolute atomic E-state index is 5.41. The molecular weight excluding hydrogens is 250 g/mol. The molecule has 4 heteroatoms. The lowest BCUT2D eigenvalue weighted by Gasteiger charge is -2.27. The van der Waals surface area contributed by atoms with E-state index >= 15 is 0 Å². The maximum Gasteiger partial charge on any atom is 0.128 e. The van der Waals surface area contributed by atoms with Gasteiger partial charge in [-0.15, -0.1) is 0 Å². The molecule has 0 bridgehead atoms. The minimum Gasteiger partial charge on any atom is -0.381 e. The highest BCUT2D eigenvalue weighted by atomic mass is 16.5. The average Bonchev–Trinajstić information content (AvgIpc) is 2.49. The highest BCUT2D eigenvalue weighted by Crippen LogP contribution is 2.18. The zero-order valence-corrected chi connectivity index (χ0v) is 12.8. The van der Waals surface area contributed by atoms with Gasteiger partial charge in [0.2, 0.25) is 0 Å². The van der Waals surface area contributed by atoms with Crippen molar-refractivity contribution < 1.29 is 4.74 Å². The summed E-state index contributed by atoms with van der Waals surface area (Å²) >= 11 is 0. The molecule has 2 rings (SSSR count). The molecule has 0 aliphatic carbocycles. The molecule has 0 atom stereocenters. The first-order valence-electron chi connectivity index (χ1n) is 7.74. The fourth-order valence-electron chi connectivity index (χ4n) is 2.57. The Bertz CT molecular complexity index is 374. The van der Waals surface area contributed by atoms with E-state index in [0.29, 0.717) is 0 Å². The predicted molar refractivity (Wildman–Crippen MR) is 83.0 cm³/mol. The summed E-state index contributed by atoms with van der Waals surface area (Å²) in [7, 11) is 2.13. The number of anilines is 1. The van der Waals surface area contributed by atoms with E-state index in [9.17, 15) is 0 Å². The molecule has 0 spiro atoms. The van der Waals surface area contributed by atoms with Crippen LogP contribution in [0.5, 0.6) is 0 Å². The fraction of sp³-hybridized carbons (Fsp3) is 0.688. The second-order valence-corrected chi connectivity index (χ2v) is 5.64. The van der Waals surface area contributed by atoms with Gasteiger partial charge in [0, 0.05) is 39.5 Å². The standard InChI is InChI=1S/C16H27N3O/c1-3-8-17-11-15-4-5-16(18-12-15)19(2)13-14-6-9-20-10-7-14/h4-5,12,14,17H,3,6-11,13H2,1-2H3. The minimum absolute atomic E-state index is 0.737. The maximum atomic E-state index is 5.41. The van der Waals surface area contributed by atoms with Gasteiger partial charge >= 0.3 is 0 Å². The first-order valence-corrected chi connectivity index (χ1v) is 7.74. The molecule has 4 nitrogen and oxygen atoms in total. The summed E-state index contributed by atoms with van der Waals surface area (Å²) in [5.41, 5.74) is 1.25. The molecule has 0 aromatic carbocycles. The summed E-state index contributed by atoms with van der Waals surface area (Å²) in [5, 5.41) is 3.40. The van der Waals surface area contributed by atoms with Crippen LogP contribution in [0.15, 0.2) is 18.3 Å². The van der Waals surface area contributed by atoms with Crippen LogP contribution in [0.3, 0.4) is 0 Å². The monoisotopic (exact) mass is 277 g/mol. The molecule has 1 aromatic rings. The van der Waals surface area contributed by atoms with Crippen LogP contribution in [-0.4, -0.2) is 38.3 Å². The first kappa shape index (κ1) is 15.3. The van der Waals surface area contributed by atoms with Gasteiger partial charge in [-0.3, -0.25) is 0 Å². The second kappa shape index (κ2) is 8.22. The predicted octanol–water partition coefficient (Wildman–Crippen LogP) is 2.44. The van der Waals surface area contributed by atoms with Crippen molar-refractivity contribution in [3.05, 3.63) is 23.9 Å². The third-order valence-electron chi connectivity index (χ3n) is 3.83. The molecule has 20 heavy (non-hydrogen) atoms. The van der Waals surface area contributed by atoms with Crippen LogP contribution in [0.1, 0.15) is 31.7 Å². The molecule has 0 radical (unpaired) electrons. The molecule has 1 fully saturated rings. The molecule has 1 aromatic heterocycles. The number of nitrogens with zero attached hydrogens (tertiary/aromatic N) is 2. The summed E-state index contributed by atoms with van der Waals surface area (Å²) in [6.45, 7) is 7.04. The Morgan fingerprint density at radius 3 is 2.80 bits per heavy atom. The van der Waals surface area contributed by atoms with Crippen LogP contribution in [0.4, 0.5) is 5.82 Å². The van der Waals surface area contributed by atoms with Crippen molar-refractivity contribution >= 4 is 5.82 Å². The van der Waals surface area contributed by atoms with Crippen LogP contribution in [-0.2, 0) is 11.3 Å². The van der Waals surface area contributed by atoms with Crippen molar-refractivity contribution in [3.8, 4) is 0 Å². The van der Waals surface area contributed by atoms with Crippen LogP contribution < -0.4 is 10.2 Å². The summed E-state index contributed by atoms with van der Waals surface area (Å²) in [6, 6.07) is 4.30. The number of rotatable bonds is 7. The van der Waals surface area contributed by atoms with Gasteiger partial charge in [0.1, 0.15) is 5.82 Å². The average molecular weight is 277 g/mol. The third-order valence-corrected chi connectivity index (χ3v) is 3.83. The number of hydrogen-bond donors (Lipinski definition) is 1. The van der Waals surface area contributed by atoms with Crippen molar-refractivity contribution in [2.45, 2.75) is 32.7 Å². The van der Waals surface area contributed by atoms with Gasteiger partial charge in [-0.1, -0.05) is 13.0 Å². The molecule has 0 saturated carbocycles. The molecule has 0 amide bonds. The Labute approximate surface area is 122 Å². The zero-order chi connectivity index (χ0) is 14.2. The molecule has 1 saturated heterocycles.